The Morgan fingerprint density at radius 2 is 1.77 bits per heavy atom. The molecule has 0 spiro atoms. The van der Waals surface area contributed by atoms with E-state index in [2.05, 4.69) is 15.1 Å². The first-order valence-electron chi connectivity index (χ1n) is 10.4. The van der Waals surface area contributed by atoms with Gasteiger partial charge in [-0.05, 0) is 31.0 Å². The normalized spacial score (nSPS) is 22.1. The summed E-state index contributed by atoms with van der Waals surface area (Å²) in [5, 5.41) is 8.42. The molecule has 6 rings (SSSR count). The number of pyridine rings is 1. The molecule has 0 saturated carbocycles. The fourth-order valence-electron chi connectivity index (χ4n) is 5.07. The van der Waals surface area contributed by atoms with Gasteiger partial charge < -0.3 is 14.5 Å². The van der Waals surface area contributed by atoms with Crippen LogP contribution in [0.15, 0.2) is 48.9 Å². The molecular formula is C22H22N6O2. The monoisotopic (exact) mass is 402 g/mol. The summed E-state index contributed by atoms with van der Waals surface area (Å²) in [6.07, 6.45) is 8.13. The SMILES string of the molecule is O=C(c1ccccc1-n1nccn1)N1CC2CCC(C1)N2c1nccc2c1CCO2. The highest BCUT2D eigenvalue weighted by molar-refractivity contribution is 5.98. The molecule has 30 heavy (non-hydrogen) atoms. The number of fused-ring (bicyclic) bond motifs is 3. The van der Waals surface area contributed by atoms with E-state index in [0.717, 1.165) is 37.4 Å². The van der Waals surface area contributed by atoms with Crippen LogP contribution in [0.1, 0.15) is 28.8 Å². The molecule has 2 unspecified atom stereocenters. The molecule has 1 aromatic carbocycles. The lowest BCUT2D eigenvalue weighted by Gasteiger charge is -2.42. The lowest BCUT2D eigenvalue weighted by atomic mass is 10.1. The Bertz CT molecular complexity index is 1080. The van der Waals surface area contributed by atoms with E-state index in [1.54, 1.807) is 12.4 Å². The Morgan fingerprint density at radius 3 is 2.57 bits per heavy atom. The number of rotatable bonds is 3. The highest BCUT2D eigenvalue weighted by Gasteiger charge is 2.43. The molecule has 152 valence electrons. The zero-order valence-electron chi connectivity index (χ0n) is 16.5. The Morgan fingerprint density at radius 1 is 1.00 bits per heavy atom. The van der Waals surface area contributed by atoms with Crippen LogP contribution in [-0.2, 0) is 6.42 Å². The van der Waals surface area contributed by atoms with Crippen molar-refractivity contribution in [3.63, 3.8) is 0 Å². The second kappa shape index (κ2) is 6.83. The molecule has 0 N–H and O–H groups in total. The molecule has 3 aliphatic heterocycles. The molecule has 2 saturated heterocycles. The van der Waals surface area contributed by atoms with Gasteiger partial charge in [-0.1, -0.05) is 12.1 Å². The van der Waals surface area contributed by atoms with Crippen LogP contribution in [0.25, 0.3) is 5.69 Å². The van der Waals surface area contributed by atoms with Crippen molar-refractivity contribution in [1.82, 2.24) is 24.9 Å². The first-order chi connectivity index (χ1) is 14.8. The zero-order chi connectivity index (χ0) is 20.1. The number of carbonyl (C=O) groups is 1. The lowest BCUT2D eigenvalue weighted by Crippen LogP contribution is -2.56. The third kappa shape index (κ3) is 2.67. The quantitative estimate of drug-likeness (QED) is 0.668. The molecule has 2 bridgehead atoms. The average Bonchev–Trinajstić information content (AvgIpc) is 3.52. The van der Waals surface area contributed by atoms with Gasteiger partial charge in [0.25, 0.3) is 5.91 Å². The summed E-state index contributed by atoms with van der Waals surface area (Å²) >= 11 is 0. The predicted molar refractivity (Wildman–Crippen MR) is 110 cm³/mol. The molecule has 2 fully saturated rings. The zero-order valence-corrected chi connectivity index (χ0v) is 16.5. The van der Waals surface area contributed by atoms with Crippen LogP contribution in [0.4, 0.5) is 5.82 Å². The lowest BCUT2D eigenvalue weighted by molar-refractivity contribution is 0.0717. The molecule has 2 atom stereocenters. The van der Waals surface area contributed by atoms with E-state index in [9.17, 15) is 4.79 Å². The standard InChI is InChI=1S/C22H22N6O2/c29-22(17-3-1-2-4-19(17)28-24-10-11-25-28)26-13-15-5-6-16(14-26)27(15)21-18-8-12-30-20(18)7-9-23-21/h1-4,7,9-11,15-16H,5-6,8,12-14H2. The van der Waals surface area contributed by atoms with Gasteiger partial charge in [-0.3, -0.25) is 4.79 Å². The van der Waals surface area contributed by atoms with E-state index < -0.39 is 0 Å². The molecule has 8 nitrogen and oxygen atoms in total. The van der Waals surface area contributed by atoms with Crippen LogP contribution in [0, 0.1) is 0 Å². The van der Waals surface area contributed by atoms with Gasteiger partial charge in [0.05, 0.1) is 30.3 Å². The minimum Gasteiger partial charge on any atom is -0.493 e. The predicted octanol–water partition coefficient (Wildman–Crippen LogP) is 2.09. The van der Waals surface area contributed by atoms with Crippen molar-refractivity contribution in [3.05, 3.63) is 60.0 Å². The highest BCUT2D eigenvalue weighted by atomic mass is 16.5. The largest absolute Gasteiger partial charge is 0.493 e. The van der Waals surface area contributed by atoms with Gasteiger partial charge in [0.15, 0.2) is 0 Å². The van der Waals surface area contributed by atoms with E-state index in [1.165, 1.54) is 10.4 Å². The average molecular weight is 402 g/mol. The Kier molecular flexibility index (Phi) is 3.97. The minimum atomic E-state index is 0.0361. The smallest absolute Gasteiger partial charge is 0.256 e. The minimum absolute atomic E-state index is 0.0361. The number of hydrogen-bond donors (Lipinski definition) is 0. The fourth-order valence-corrected chi connectivity index (χ4v) is 5.07. The first kappa shape index (κ1) is 17.4. The van der Waals surface area contributed by atoms with Crippen molar-refractivity contribution >= 4 is 11.7 Å². The van der Waals surface area contributed by atoms with Gasteiger partial charge in [0.2, 0.25) is 0 Å². The number of hydrogen-bond acceptors (Lipinski definition) is 6. The van der Waals surface area contributed by atoms with Crippen LogP contribution in [0.5, 0.6) is 5.75 Å². The second-order valence-electron chi connectivity index (χ2n) is 8.05. The van der Waals surface area contributed by atoms with Gasteiger partial charge in [-0.2, -0.15) is 15.0 Å². The third-order valence-corrected chi connectivity index (χ3v) is 6.38. The Balaban J connectivity index is 1.29. The summed E-state index contributed by atoms with van der Waals surface area (Å²) in [6, 6.07) is 10.1. The van der Waals surface area contributed by atoms with Gasteiger partial charge in [0.1, 0.15) is 11.6 Å². The topological polar surface area (TPSA) is 76.4 Å². The van der Waals surface area contributed by atoms with Crippen molar-refractivity contribution in [1.29, 1.82) is 0 Å². The molecule has 2 aromatic heterocycles. The van der Waals surface area contributed by atoms with E-state index >= 15 is 0 Å². The summed E-state index contributed by atoms with van der Waals surface area (Å²) in [5.41, 5.74) is 2.56. The highest BCUT2D eigenvalue weighted by Crippen LogP contribution is 2.40. The van der Waals surface area contributed by atoms with Crippen molar-refractivity contribution in [2.45, 2.75) is 31.3 Å². The summed E-state index contributed by atoms with van der Waals surface area (Å²) < 4.78 is 5.74. The van der Waals surface area contributed by atoms with Gasteiger partial charge in [0, 0.05) is 43.4 Å². The molecular weight excluding hydrogens is 380 g/mol. The van der Waals surface area contributed by atoms with Crippen molar-refractivity contribution in [3.8, 4) is 11.4 Å². The van der Waals surface area contributed by atoms with E-state index in [1.807, 2.05) is 41.4 Å². The Hall–Kier alpha value is -3.42. The number of aromatic nitrogens is 4. The molecule has 5 heterocycles. The molecule has 3 aromatic rings. The number of carbonyl (C=O) groups excluding carboxylic acids is 1. The number of ether oxygens (including phenoxy) is 1. The van der Waals surface area contributed by atoms with E-state index in [0.29, 0.717) is 24.3 Å². The maximum atomic E-state index is 13.5. The number of piperazine rings is 1. The van der Waals surface area contributed by atoms with Gasteiger partial charge in [-0.25, -0.2) is 4.98 Å². The van der Waals surface area contributed by atoms with Crippen LogP contribution in [0.2, 0.25) is 0 Å². The number of nitrogens with zero attached hydrogens (tertiary/aromatic N) is 6. The summed E-state index contributed by atoms with van der Waals surface area (Å²) in [6.45, 7) is 2.12. The van der Waals surface area contributed by atoms with Crippen LogP contribution in [0.3, 0.4) is 0 Å². The molecule has 8 heteroatoms. The number of para-hydroxylation sites is 1. The van der Waals surface area contributed by atoms with E-state index in [-0.39, 0.29) is 18.0 Å². The molecule has 3 aliphatic rings. The van der Waals surface area contributed by atoms with Crippen molar-refractivity contribution in [2.75, 3.05) is 24.6 Å². The summed E-state index contributed by atoms with van der Waals surface area (Å²) in [7, 11) is 0. The van der Waals surface area contributed by atoms with E-state index in [4.69, 9.17) is 9.72 Å². The summed E-state index contributed by atoms with van der Waals surface area (Å²) in [4.78, 5) is 24.1. The van der Waals surface area contributed by atoms with Gasteiger partial charge in [-0.15, -0.1) is 0 Å². The fraction of sp³-hybridized carbons (Fsp3) is 0.364. The van der Waals surface area contributed by atoms with Crippen molar-refractivity contribution in [2.24, 2.45) is 0 Å². The summed E-state index contributed by atoms with van der Waals surface area (Å²) in [5.74, 6) is 2.04. The second-order valence-corrected chi connectivity index (χ2v) is 8.05. The maximum absolute atomic E-state index is 13.5. The number of anilines is 1. The number of amides is 1. The number of benzene rings is 1. The number of likely N-dealkylation sites (tertiary alicyclic amines) is 1. The molecule has 1 amide bonds. The van der Waals surface area contributed by atoms with Crippen molar-refractivity contribution < 1.29 is 9.53 Å². The maximum Gasteiger partial charge on any atom is 0.256 e. The van der Waals surface area contributed by atoms with Crippen LogP contribution >= 0.6 is 0 Å². The Labute approximate surface area is 174 Å². The first-order valence-corrected chi connectivity index (χ1v) is 10.4. The third-order valence-electron chi connectivity index (χ3n) is 6.38. The molecule has 0 radical (unpaired) electrons. The molecule has 0 aliphatic carbocycles. The van der Waals surface area contributed by atoms with Gasteiger partial charge >= 0.3 is 0 Å². The van der Waals surface area contributed by atoms with Crippen LogP contribution < -0.4 is 9.64 Å². The van der Waals surface area contributed by atoms with Crippen LogP contribution in [-0.4, -0.2) is 62.6 Å².